The van der Waals surface area contributed by atoms with E-state index in [0.717, 1.165) is 11.1 Å². The molecule has 0 atom stereocenters. The van der Waals surface area contributed by atoms with Crippen molar-refractivity contribution >= 4 is 12.0 Å². The molecule has 2 amide bonds. The average Bonchev–Trinajstić information content (AvgIpc) is 2.43. The smallest absolute Gasteiger partial charge is 0.335 e. The normalized spacial score (nSPS) is 14.1. The Labute approximate surface area is 114 Å². The summed E-state index contributed by atoms with van der Waals surface area (Å²) in [6, 6.07) is 4.21. The van der Waals surface area contributed by atoms with Gasteiger partial charge in [0.1, 0.15) is 0 Å². The van der Waals surface area contributed by atoms with E-state index in [1.165, 1.54) is 17.0 Å². The zero-order valence-electron chi connectivity index (χ0n) is 10.6. The van der Waals surface area contributed by atoms with Gasteiger partial charge in [0.05, 0.1) is 12.1 Å². The lowest BCUT2D eigenvalue weighted by molar-refractivity contribution is 0.0696. The molecule has 1 aromatic carbocycles. The van der Waals surface area contributed by atoms with E-state index >= 15 is 0 Å². The molecule has 1 aromatic rings. The van der Waals surface area contributed by atoms with Crippen molar-refractivity contribution in [1.29, 1.82) is 0 Å². The van der Waals surface area contributed by atoms with Gasteiger partial charge in [-0.15, -0.1) is 0 Å². The highest BCUT2D eigenvalue weighted by molar-refractivity contribution is 5.88. The number of benzene rings is 1. The number of nitrogens with one attached hydrogen (secondary N) is 1. The van der Waals surface area contributed by atoms with E-state index in [1.807, 2.05) is 0 Å². The molecule has 0 aromatic heterocycles. The maximum absolute atomic E-state index is 12.0. The van der Waals surface area contributed by atoms with Crippen LogP contribution in [0.3, 0.4) is 0 Å². The van der Waals surface area contributed by atoms with Crippen LogP contribution in [0.5, 0.6) is 0 Å². The van der Waals surface area contributed by atoms with Gasteiger partial charge in [0.15, 0.2) is 0 Å². The molecular formula is C13H14F2N2O3. The predicted octanol–water partition coefficient (Wildman–Crippen LogP) is 1.72. The summed E-state index contributed by atoms with van der Waals surface area (Å²) in [5, 5.41) is 11.1. The molecule has 0 radical (unpaired) electrons. The number of hydrogen-bond donors (Lipinski definition) is 2. The van der Waals surface area contributed by atoms with Crippen molar-refractivity contribution in [2.45, 2.75) is 19.4 Å². The van der Waals surface area contributed by atoms with Crippen LogP contribution in [0.15, 0.2) is 18.2 Å². The SMILES string of the molecule is O=C(O)c1ccc2c(c1)CN(C(=O)NCC(F)F)CC2. The molecular weight excluding hydrogens is 270 g/mol. The number of hydrogen-bond acceptors (Lipinski definition) is 2. The Bertz CT molecular complexity index is 534. The lowest BCUT2D eigenvalue weighted by atomic mass is 9.97. The van der Waals surface area contributed by atoms with Crippen LogP contribution in [-0.4, -0.2) is 41.5 Å². The number of carboxylic acid groups (broad SMARTS) is 1. The number of urea groups is 1. The minimum atomic E-state index is -2.59. The van der Waals surface area contributed by atoms with E-state index in [4.69, 9.17) is 5.11 Å². The summed E-state index contributed by atoms with van der Waals surface area (Å²) < 4.78 is 24.1. The highest BCUT2D eigenvalue weighted by atomic mass is 19.3. The Morgan fingerprint density at radius 1 is 1.35 bits per heavy atom. The number of halogens is 2. The monoisotopic (exact) mass is 284 g/mol. The maximum Gasteiger partial charge on any atom is 0.335 e. The van der Waals surface area contributed by atoms with Gasteiger partial charge in [0.2, 0.25) is 0 Å². The second-order valence-corrected chi connectivity index (χ2v) is 4.54. The molecule has 108 valence electrons. The molecule has 0 fully saturated rings. The molecule has 1 aliphatic rings. The number of alkyl halides is 2. The third kappa shape index (κ3) is 3.23. The third-order valence-corrected chi connectivity index (χ3v) is 3.16. The summed E-state index contributed by atoms with van der Waals surface area (Å²) in [6.45, 7) is -0.0304. The predicted molar refractivity (Wildman–Crippen MR) is 66.9 cm³/mol. The quantitative estimate of drug-likeness (QED) is 0.888. The minimum Gasteiger partial charge on any atom is -0.478 e. The van der Waals surface area contributed by atoms with Crippen molar-refractivity contribution in [2.24, 2.45) is 0 Å². The third-order valence-electron chi connectivity index (χ3n) is 3.16. The van der Waals surface area contributed by atoms with Gasteiger partial charge in [-0.1, -0.05) is 6.07 Å². The van der Waals surface area contributed by atoms with Crippen molar-refractivity contribution in [1.82, 2.24) is 10.2 Å². The van der Waals surface area contributed by atoms with Crippen LogP contribution >= 0.6 is 0 Å². The van der Waals surface area contributed by atoms with E-state index in [-0.39, 0.29) is 12.1 Å². The van der Waals surface area contributed by atoms with Crippen molar-refractivity contribution in [3.8, 4) is 0 Å². The Kier molecular flexibility index (Phi) is 4.16. The first-order valence-corrected chi connectivity index (χ1v) is 6.13. The fourth-order valence-corrected chi connectivity index (χ4v) is 2.14. The topological polar surface area (TPSA) is 69.6 Å². The molecule has 0 bridgehead atoms. The van der Waals surface area contributed by atoms with Crippen LogP contribution in [0.2, 0.25) is 0 Å². The highest BCUT2D eigenvalue weighted by Gasteiger charge is 2.22. The zero-order valence-corrected chi connectivity index (χ0v) is 10.6. The first kappa shape index (κ1) is 14.2. The summed E-state index contributed by atoms with van der Waals surface area (Å²) in [5.74, 6) is -1.04. The zero-order chi connectivity index (χ0) is 14.7. The van der Waals surface area contributed by atoms with Crippen molar-refractivity contribution in [3.63, 3.8) is 0 Å². The lowest BCUT2D eigenvalue weighted by Crippen LogP contribution is -2.44. The van der Waals surface area contributed by atoms with Gasteiger partial charge in [0.25, 0.3) is 6.43 Å². The van der Waals surface area contributed by atoms with Gasteiger partial charge in [-0.2, -0.15) is 0 Å². The second-order valence-electron chi connectivity index (χ2n) is 4.54. The molecule has 0 spiro atoms. The number of carbonyl (C=O) groups excluding carboxylic acids is 1. The van der Waals surface area contributed by atoms with Crippen molar-refractivity contribution in [3.05, 3.63) is 34.9 Å². The number of nitrogens with zero attached hydrogens (tertiary/aromatic N) is 1. The maximum atomic E-state index is 12.0. The minimum absolute atomic E-state index is 0.151. The fourth-order valence-electron chi connectivity index (χ4n) is 2.14. The Morgan fingerprint density at radius 3 is 2.75 bits per heavy atom. The van der Waals surface area contributed by atoms with E-state index in [0.29, 0.717) is 13.0 Å². The van der Waals surface area contributed by atoms with Crippen LogP contribution in [0.4, 0.5) is 13.6 Å². The number of carboxylic acids is 1. The number of amides is 2. The largest absolute Gasteiger partial charge is 0.478 e. The number of rotatable bonds is 3. The lowest BCUT2D eigenvalue weighted by Gasteiger charge is -2.29. The van der Waals surface area contributed by atoms with E-state index < -0.39 is 25.0 Å². The molecule has 2 N–H and O–H groups in total. The fraction of sp³-hybridized carbons (Fsp3) is 0.385. The molecule has 0 unspecified atom stereocenters. The second kappa shape index (κ2) is 5.85. The van der Waals surface area contributed by atoms with Crippen LogP contribution < -0.4 is 5.32 Å². The summed E-state index contributed by atoms with van der Waals surface area (Å²) in [5.41, 5.74) is 1.87. The Balaban J connectivity index is 2.07. The van der Waals surface area contributed by atoms with Gasteiger partial charge >= 0.3 is 12.0 Å². The number of aromatic carboxylic acids is 1. The van der Waals surface area contributed by atoms with Gasteiger partial charge in [-0.05, 0) is 29.7 Å². The van der Waals surface area contributed by atoms with Crippen LogP contribution in [-0.2, 0) is 13.0 Å². The Morgan fingerprint density at radius 2 is 2.10 bits per heavy atom. The van der Waals surface area contributed by atoms with E-state index in [2.05, 4.69) is 5.32 Å². The summed E-state index contributed by atoms with van der Waals surface area (Å²) >= 11 is 0. The molecule has 7 heteroatoms. The highest BCUT2D eigenvalue weighted by Crippen LogP contribution is 2.20. The van der Waals surface area contributed by atoms with Gasteiger partial charge < -0.3 is 15.3 Å². The molecule has 0 saturated heterocycles. The van der Waals surface area contributed by atoms with Crippen LogP contribution in [0, 0.1) is 0 Å². The summed E-state index contributed by atoms with van der Waals surface area (Å²) in [4.78, 5) is 24.0. The van der Waals surface area contributed by atoms with E-state index in [1.54, 1.807) is 6.07 Å². The molecule has 20 heavy (non-hydrogen) atoms. The van der Waals surface area contributed by atoms with Gasteiger partial charge in [-0.25, -0.2) is 18.4 Å². The molecule has 2 rings (SSSR count). The first-order chi connectivity index (χ1) is 9.47. The standard InChI is InChI=1S/C13H14F2N2O3/c14-11(15)6-16-13(20)17-4-3-8-1-2-9(12(18)19)5-10(8)7-17/h1-2,5,11H,3-4,6-7H2,(H,16,20)(H,18,19). The molecule has 0 aliphatic carbocycles. The molecule has 0 saturated carbocycles. The number of carbonyl (C=O) groups is 2. The summed E-state index contributed by atoms with van der Waals surface area (Å²) in [6.07, 6.45) is -2.01. The van der Waals surface area contributed by atoms with Gasteiger partial charge in [-0.3, -0.25) is 0 Å². The summed E-state index contributed by atoms with van der Waals surface area (Å²) in [7, 11) is 0. The molecule has 1 aliphatic heterocycles. The number of fused-ring (bicyclic) bond motifs is 1. The van der Waals surface area contributed by atoms with Crippen LogP contribution in [0.1, 0.15) is 21.5 Å². The average molecular weight is 284 g/mol. The molecule has 5 nitrogen and oxygen atoms in total. The first-order valence-electron chi connectivity index (χ1n) is 6.13. The van der Waals surface area contributed by atoms with Crippen molar-refractivity contribution in [2.75, 3.05) is 13.1 Å². The van der Waals surface area contributed by atoms with Gasteiger partial charge in [0, 0.05) is 13.1 Å². The molecule has 1 heterocycles. The van der Waals surface area contributed by atoms with Crippen LogP contribution in [0.25, 0.3) is 0 Å². The van der Waals surface area contributed by atoms with E-state index in [9.17, 15) is 18.4 Å². The Hall–Kier alpha value is -2.18. The van der Waals surface area contributed by atoms with Crippen molar-refractivity contribution < 1.29 is 23.5 Å².